The zero-order chi connectivity index (χ0) is 14.7. The van der Waals surface area contributed by atoms with Crippen molar-refractivity contribution in [3.05, 3.63) is 55.2 Å². The van der Waals surface area contributed by atoms with E-state index in [0.717, 1.165) is 13.0 Å². The molecule has 108 valence electrons. The zero-order valence-corrected chi connectivity index (χ0v) is 15.0. The SMILES string of the molecule is CCCNC(c1ccc(Br)s1)c1c(C)cc(C)cc1C. The van der Waals surface area contributed by atoms with Crippen molar-refractivity contribution in [3.8, 4) is 0 Å². The summed E-state index contributed by atoms with van der Waals surface area (Å²) < 4.78 is 1.19. The number of halogens is 1. The predicted molar refractivity (Wildman–Crippen MR) is 92.8 cm³/mol. The second-order valence-corrected chi connectivity index (χ2v) is 7.84. The molecule has 20 heavy (non-hydrogen) atoms. The van der Waals surface area contributed by atoms with Gasteiger partial charge in [-0.15, -0.1) is 11.3 Å². The summed E-state index contributed by atoms with van der Waals surface area (Å²) in [6, 6.07) is 9.23. The second kappa shape index (κ2) is 6.88. The summed E-state index contributed by atoms with van der Waals surface area (Å²) >= 11 is 5.40. The van der Waals surface area contributed by atoms with Gasteiger partial charge in [-0.3, -0.25) is 0 Å². The monoisotopic (exact) mass is 351 g/mol. The van der Waals surface area contributed by atoms with E-state index in [1.165, 1.54) is 30.9 Å². The minimum atomic E-state index is 0.298. The molecule has 2 rings (SSSR count). The average Bonchev–Trinajstić information content (AvgIpc) is 2.78. The van der Waals surface area contributed by atoms with E-state index in [2.05, 4.69) is 73.2 Å². The maximum atomic E-state index is 3.71. The smallest absolute Gasteiger partial charge is 0.0702 e. The lowest BCUT2D eigenvalue weighted by Crippen LogP contribution is -2.24. The van der Waals surface area contributed by atoms with E-state index in [-0.39, 0.29) is 0 Å². The first kappa shape index (κ1) is 15.7. The van der Waals surface area contributed by atoms with Crippen LogP contribution in [0.15, 0.2) is 28.1 Å². The molecule has 0 spiro atoms. The normalized spacial score (nSPS) is 12.7. The van der Waals surface area contributed by atoms with Gasteiger partial charge < -0.3 is 5.32 Å². The van der Waals surface area contributed by atoms with E-state index >= 15 is 0 Å². The van der Waals surface area contributed by atoms with Crippen molar-refractivity contribution in [3.63, 3.8) is 0 Å². The molecule has 1 N–H and O–H groups in total. The van der Waals surface area contributed by atoms with Crippen LogP contribution < -0.4 is 5.32 Å². The maximum absolute atomic E-state index is 3.71. The van der Waals surface area contributed by atoms with Gasteiger partial charge in [0.1, 0.15) is 0 Å². The molecule has 1 atom stereocenters. The first-order valence-electron chi connectivity index (χ1n) is 7.09. The third-order valence-electron chi connectivity index (χ3n) is 3.50. The van der Waals surface area contributed by atoms with Gasteiger partial charge in [-0.25, -0.2) is 0 Å². The summed E-state index contributed by atoms with van der Waals surface area (Å²) in [5.41, 5.74) is 5.52. The second-order valence-electron chi connectivity index (χ2n) is 5.34. The van der Waals surface area contributed by atoms with Crippen molar-refractivity contribution < 1.29 is 0 Å². The summed E-state index contributed by atoms with van der Waals surface area (Å²) in [6.45, 7) is 9.85. The molecule has 1 aromatic heterocycles. The molecular weight excluding hydrogens is 330 g/mol. The van der Waals surface area contributed by atoms with Gasteiger partial charge >= 0.3 is 0 Å². The summed E-state index contributed by atoms with van der Waals surface area (Å²) in [4.78, 5) is 1.38. The molecule has 1 nitrogen and oxygen atoms in total. The molecule has 2 aromatic rings. The van der Waals surface area contributed by atoms with Crippen molar-refractivity contribution in [2.45, 2.75) is 40.2 Å². The largest absolute Gasteiger partial charge is 0.306 e. The molecule has 1 unspecified atom stereocenters. The molecular formula is C17H22BrNS. The third-order valence-corrected chi connectivity index (χ3v) is 5.19. The lowest BCUT2D eigenvalue weighted by molar-refractivity contribution is 0.601. The number of rotatable bonds is 5. The Balaban J connectivity index is 2.46. The van der Waals surface area contributed by atoms with Crippen molar-refractivity contribution in [2.24, 2.45) is 0 Å². The van der Waals surface area contributed by atoms with Gasteiger partial charge in [0.2, 0.25) is 0 Å². The van der Waals surface area contributed by atoms with Crippen LogP contribution >= 0.6 is 27.3 Å². The fraction of sp³-hybridized carbons (Fsp3) is 0.412. The van der Waals surface area contributed by atoms with Crippen LogP contribution in [0.2, 0.25) is 0 Å². The number of hydrogen-bond acceptors (Lipinski definition) is 2. The van der Waals surface area contributed by atoms with Crippen LogP contribution in [0.1, 0.15) is 46.5 Å². The fourth-order valence-corrected chi connectivity index (χ4v) is 4.27. The van der Waals surface area contributed by atoms with Gasteiger partial charge in [-0.05, 0) is 78.5 Å². The Hall–Kier alpha value is -0.640. The number of hydrogen-bond donors (Lipinski definition) is 1. The Morgan fingerprint density at radius 2 is 1.80 bits per heavy atom. The Kier molecular flexibility index (Phi) is 5.42. The lowest BCUT2D eigenvalue weighted by atomic mass is 9.93. The summed E-state index contributed by atoms with van der Waals surface area (Å²) in [6.07, 6.45) is 1.15. The maximum Gasteiger partial charge on any atom is 0.0702 e. The van der Waals surface area contributed by atoms with Gasteiger partial charge in [-0.1, -0.05) is 24.6 Å². The highest BCUT2D eigenvalue weighted by Gasteiger charge is 2.19. The molecule has 0 aliphatic rings. The highest BCUT2D eigenvalue weighted by Crippen LogP contribution is 2.34. The third kappa shape index (κ3) is 3.51. The van der Waals surface area contributed by atoms with Gasteiger partial charge in [0, 0.05) is 4.88 Å². The minimum absolute atomic E-state index is 0.298. The molecule has 0 bridgehead atoms. The first-order chi connectivity index (χ1) is 9.52. The molecule has 1 heterocycles. The number of aryl methyl sites for hydroxylation is 3. The minimum Gasteiger partial charge on any atom is -0.306 e. The Labute approximate surface area is 134 Å². The van der Waals surface area contributed by atoms with E-state index in [4.69, 9.17) is 0 Å². The Morgan fingerprint density at radius 3 is 2.30 bits per heavy atom. The van der Waals surface area contributed by atoms with Crippen molar-refractivity contribution in [1.29, 1.82) is 0 Å². The standard InChI is InChI=1S/C17H22BrNS/c1-5-8-19-17(14-6-7-15(18)20-14)16-12(3)9-11(2)10-13(16)4/h6-7,9-10,17,19H,5,8H2,1-4H3. The predicted octanol–water partition coefficient (Wildman–Crippen LogP) is 5.52. The highest BCUT2D eigenvalue weighted by atomic mass is 79.9. The van der Waals surface area contributed by atoms with Crippen LogP contribution in [0.3, 0.4) is 0 Å². The molecule has 1 aromatic carbocycles. The van der Waals surface area contributed by atoms with Crippen LogP contribution in [-0.2, 0) is 0 Å². The molecule has 0 saturated heterocycles. The Bertz CT molecular complexity index is 565. The van der Waals surface area contributed by atoms with Crippen LogP contribution in [0.5, 0.6) is 0 Å². The van der Waals surface area contributed by atoms with Crippen molar-refractivity contribution >= 4 is 27.3 Å². The summed E-state index contributed by atoms with van der Waals surface area (Å²) in [7, 11) is 0. The number of benzene rings is 1. The molecule has 0 fully saturated rings. The van der Waals surface area contributed by atoms with Crippen molar-refractivity contribution in [2.75, 3.05) is 6.54 Å². The quantitative estimate of drug-likeness (QED) is 0.747. The summed E-state index contributed by atoms with van der Waals surface area (Å²) in [5.74, 6) is 0. The molecule has 0 aliphatic heterocycles. The Morgan fingerprint density at radius 1 is 1.15 bits per heavy atom. The van der Waals surface area contributed by atoms with Crippen LogP contribution in [0, 0.1) is 20.8 Å². The molecule has 0 saturated carbocycles. The average molecular weight is 352 g/mol. The first-order valence-corrected chi connectivity index (χ1v) is 8.70. The van der Waals surface area contributed by atoms with Crippen LogP contribution in [0.25, 0.3) is 0 Å². The number of nitrogens with one attached hydrogen (secondary N) is 1. The zero-order valence-electron chi connectivity index (χ0n) is 12.6. The van der Waals surface area contributed by atoms with E-state index in [9.17, 15) is 0 Å². The summed E-state index contributed by atoms with van der Waals surface area (Å²) in [5, 5.41) is 3.71. The fourth-order valence-electron chi connectivity index (χ4n) is 2.76. The molecule has 0 radical (unpaired) electrons. The topological polar surface area (TPSA) is 12.0 Å². The van der Waals surface area contributed by atoms with Gasteiger partial charge in [0.15, 0.2) is 0 Å². The van der Waals surface area contributed by atoms with Crippen LogP contribution in [-0.4, -0.2) is 6.54 Å². The van der Waals surface area contributed by atoms with Gasteiger partial charge in [-0.2, -0.15) is 0 Å². The number of thiophene rings is 1. The molecule has 0 aliphatic carbocycles. The lowest BCUT2D eigenvalue weighted by Gasteiger charge is -2.22. The van der Waals surface area contributed by atoms with Crippen molar-refractivity contribution in [1.82, 2.24) is 5.32 Å². The van der Waals surface area contributed by atoms with E-state index in [1.54, 1.807) is 0 Å². The van der Waals surface area contributed by atoms with Crippen LogP contribution in [0.4, 0.5) is 0 Å². The van der Waals surface area contributed by atoms with E-state index < -0.39 is 0 Å². The van der Waals surface area contributed by atoms with Gasteiger partial charge in [0.05, 0.1) is 9.83 Å². The van der Waals surface area contributed by atoms with E-state index in [1.807, 2.05) is 11.3 Å². The molecule has 3 heteroatoms. The van der Waals surface area contributed by atoms with Gasteiger partial charge in [0.25, 0.3) is 0 Å². The molecule has 0 amide bonds. The van der Waals surface area contributed by atoms with E-state index in [0.29, 0.717) is 6.04 Å². The highest BCUT2D eigenvalue weighted by molar-refractivity contribution is 9.11.